The molecule has 4 atom stereocenters. The number of hydrogen-bond acceptors (Lipinski definition) is 4. The number of nitrogens with zero attached hydrogens (tertiary/aromatic N) is 2. The highest BCUT2D eigenvalue weighted by Gasteiger charge is 2.62. The van der Waals surface area contributed by atoms with E-state index in [-0.39, 0.29) is 17.7 Å². The van der Waals surface area contributed by atoms with E-state index in [1.807, 2.05) is 36.4 Å². The lowest BCUT2D eigenvalue weighted by Crippen LogP contribution is -2.64. The highest BCUT2D eigenvalue weighted by molar-refractivity contribution is 5.99. The molecule has 7 nitrogen and oxygen atoms in total. The van der Waals surface area contributed by atoms with Crippen LogP contribution in [-0.2, 0) is 26.2 Å². The van der Waals surface area contributed by atoms with Gasteiger partial charge in [-0.05, 0) is 29.7 Å². The number of carbonyl (C=O) groups excluding carboxylic acids is 3. The van der Waals surface area contributed by atoms with E-state index < -0.39 is 23.7 Å². The topological polar surface area (TPSA) is 79.0 Å². The molecule has 5 aliphatic heterocycles. The van der Waals surface area contributed by atoms with Crippen molar-refractivity contribution >= 4 is 23.4 Å². The lowest BCUT2D eigenvalue weighted by Gasteiger charge is -2.41. The molecule has 5 heterocycles. The molecule has 0 saturated carbocycles. The summed E-state index contributed by atoms with van der Waals surface area (Å²) in [7, 11) is 1.69. The second kappa shape index (κ2) is 5.62. The number of piperazine rings is 1. The zero-order chi connectivity index (χ0) is 20.8. The van der Waals surface area contributed by atoms with Gasteiger partial charge in [0, 0.05) is 26.0 Å². The van der Waals surface area contributed by atoms with Crippen LogP contribution in [0, 0.1) is 0 Å². The van der Waals surface area contributed by atoms with Crippen molar-refractivity contribution in [3.63, 3.8) is 0 Å². The standard InChI is InChI=1S/C23H21N3O4/c1-12(27)26-17-6-4-3-5-14(17)23-11-16-21(29)25(2)18(20(28)24-16)10-13-7-8-19(15(23)9-13)30-22(23)26/h3-9,16,18,22H,10-11H2,1-2H3,(H,24,28)/t16-,18-,22+,23+/m1/s1. The van der Waals surface area contributed by atoms with Gasteiger partial charge in [-0.1, -0.05) is 30.3 Å². The second-order valence-electron chi connectivity index (χ2n) is 8.61. The van der Waals surface area contributed by atoms with Crippen molar-refractivity contribution < 1.29 is 19.1 Å². The SMILES string of the molecule is CC(=O)N1c2ccccc2[C@@]23C[C@H]4NC(=O)[C@@H](Cc5ccc(c2c5)O[C@H]13)N(C)C4=O. The van der Waals surface area contributed by atoms with Crippen LogP contribution in [0.2, 0.25) is 0 Å². The Hall–Kier alpha value is -3.35. The number of benzene rings is 2. The lowest BCUT2D eigenvalue weighted by molar-refractivity contribution is -0.148. The number of anilines is 1. The molecule has 2 aromatic rings. The second-order valence-corrected chi connectivity index (χ2v) is 8.61. The van der Waals surface area contributed by atoms with Crippen molar-refractivity contribution in [3.05, 3.63) is 59.2 Å². The average Bonchev–Trinajstić information content (AvgIpc) is 3.18. The molecule has 4 bridgehead atoms. The number of ether oxygens (including phenoxy) is 1. The van der Waals surface area contributed by atoms with Crippen molar-refractivity contribution in [2.75, 3.05) is 11.9 Å². The number of amides is 3. The Morgan fingerprint density at radius 1 is 1.17 bits per heavy atom. The van der Waals surface area contributed by atoms with Gasteiger partial charge < -0.3 is 15.0 Å². The third kappa shape index (κ3) is 1.97. The first kappa shape index (κ1) is 17.5. The zero-order valence-corrected chi connectivity index (χ0v) is 16.7. The lowest BCUT2D eigenvalue weighted by atomic mass is 9.70. The number of hydrogen-bond donors (Lipinski definition) is 1. The molecule has 1 N–H and O–H groups in total. The highest BCUT2D eigenvalue weighted by Crippen LogP contribution is 2.59. The maximum Gasteiger partial charge on any atom is 0.245 e. The minimum Gasteiger partial charge on any atom is -0.468 e. The Morgan fingerprint density at radius 3 is 2.77 bits per heavy atom. The zero-order valence-electron chi connectivity index (χ0n) is 16.7. The molecule has 5 aliphatic rings. The minimum atomic E-state index is -0.730. The van der Waals surface area contributed by atoms with Gasteiger partial charge in [-0.2, -0.15) is 0 Å². The normalized spacial score (nSPS) is 30.5. The van der Waals surface area contributed by atoms with Gasteiger partial charge in [-0.3, -0.25) is 19.3 Å². The van der Waals surface area contributed by atoms with Crippen LogP contribution in [0.25, 0.3) is 0 Å². The Balaban J connectivity index is 1.66. The van der Waals surface area contributed by atoms with E-state index in [9.17, 15) is 14.4 Å². The van der Waals surface area contributed by atoms with Crippen LogP contribution in [0.1, 0.15) is 30.0 Å². The van der Waals surface area contributed by atoms with Crippen LogP contribution < -0.4 is 15.0 Å². The predicted molar refractivity (Wildman–Crippen MR) is 108 cm³/mol. The van der Waals surface area contributed by atoms with E-state index in [4.69, 9.17) is 4.74 Å². The molecule has 3 amide bonds. The first-order valence-electron chi connectivity index (χ1n) is 10.2. The van der Waals surface area contributed by atoms with Gasteiger partial charge in [0.25, 0.3) is 0 Å². The van der Waals surface area contributed by atoms with Crippen LogP contribution in [-0.4, -0.2) is 48.0 Å². The molecule has 1 saturated heterocycles. The summed E-state index contributed by atoms with van der Waals surface area (Å²) in [6.45, 7) is 1.53. The van der Waals surface area contributed by atoms with E-state index in [1.54, 1.807) is 16.8 Å². The van der Waals surface area contributed by atoms with Crippen LogP contribution in [0.5, 0.6) is 5.75 Å². The van der Waals surface area contributed by atoms with Gasteiger partial charge in [0.1, 0.15) is 17.8 Å². The molecule has 1 fully saturated rings. The van der Waals surface area contributed by atoms with E-state index in [2.05, 4.69) is 11.4 Å². The largest absolute Gasteiger partial charge is 0.468 e. The number of para-hydroxylation sites is 1. The van der Waals surface area contributed by atoms with Crippen molar-refractivity contribution in [1.82, 2.24) is 10.2 Å². The summed E-state index contributed by atoms with van der Waals surface area (Å²) in [5, 5.41) is 2.96. The molecule has 2 aromatic carbocycles. The Bertz CT molecular complexity index is 1150. The average molecular weight is 403 g/mol. The Labute approximate surface area is 173 Å². The number of rotatable bonds is 0. The first-order valence-corrected chi connectivity index (χ1v) is 10.2. The molecule has 152 valence electrons. The Kier molecular flexibility index (Phi) is 3.28. The van der Waals surface area contributed by atoms with E-state index >= 15 is 0 Å². The summed E-state index contributed by atoms with van der Waals surface area (Å²) >= 11 is 0. The molecule has 30 heavy (non-hydrogen) atoms. The van der Waals surface area contributed by atoms with Gasteiger partial charge in [-0.15, -0.1) is 0 Å². The molecule has 7 heteroatoms. The minimum absolute atomic E-state index is 0.106. The van der Waals surface area contributed by atoms with E-state index in [0.717, 1.165) is 28.1 Å². The van der Waals surface area contributed by atoms with Crippen molar-refractivity contribution in [2.45, 2.75) is 43.5 Å². The van der Waals surface area contributed by atoms with Gasteiger partial charge in [0.15, 0.2) is 6.23 Å². The van der Waals surface area contributed by atoms with E-state index in [0.29, 0.717) is 12.8 Å². The summed E-state index contributed by atoms with van der Waals surface area (Å²) in [4.78, 5) is 42.0. The summed E-state index contributed by atoms with van der Waals surface area (Å²) in [5.74, 6) is 0.361. The summed E-state index contributed by atoms with van der Waals surface area (Å²) in [6.07, 6.45) is 0.175. The third-order valence-corrected chi connectivity index (χ3v) is 7.09. The summed E-state index contributed by atoms with van der Waals surface area (Å²) < 4.78 is 6.37. The van der Waals surface area contributed by atoms with Gasteiger partial charge in [0.05, 0.1) is 11.1 Å². The maximum atomic E-state index is 13.2. The van der Waals surface area contributed by atoms with Crippen molar-refractivity contribution in [3.8, 4) is 5.75 Å². The smallest absolute Gasteiger partial charge is 0.245 e. The molecular weight excluding hydrogens is 382 g/mol. The monoisotopic (exact) mass is 403 g/mol. The van der Waals surface area contributed by atoms with Crippen LogP contribution in [0.15, 0.2) is 42.5 Å². The molecule has 1 spiro atoms. The van der Waals surface area contributed by atoms with Gasteiger partial charge in [0.2, 0.25) is 17.7 Å². The van der Waals surface area contributed by atoms with Gasteiger partial charge >= 0.3 is 0 Å². The highest BCUT2D eigenvalue weighted by atomic mass is 16.5. The molecule has 0 aromatic heterocycles. The first-order chi connectivity index (χ1) is 14.4. The van der Waals surface area contributed by atoms with Crippen LogP contribution in [0.4, 0.5) is 5.69 Å². The number of fused-ring (bicyclic) bond motifs is 3. The number of carbonyl (C=O) groups is 3. The quantitative estimate of drug-likeness (QED) is 0.720. The molecule has 0 aliphatic carbocycles. The van der Waals surface area contributed by atoms with Crippen molar-refractivity contribution in [2.24, 2.45) is 0 Å². The van der Waals surface area contributed by atoms with Gasteiger partial charge in [-0.25, -0.2) is 0 Å². The fraction of sp³-hybridized carbons (Fsp3) is 0.348. The van der Waals surface area contributed by atoms with Crippen LogP contribution >= 0.6 is 0 Å². The molecular formula is C23H21N3O4. The molecule has 0 unspecified atom stereocenters. The van der Waals surface area contributed by atoms with E-state index in [1.165, 1.54) is 6.92 Å². The third-order valence-electron chi connectivity index (χ3n) is 7.09. The van der Waals surface area contributed by atoms with Crippen molar-refractivity contribution in [1.29, 1.82) is 0 Å². The maximum absolute atomic E-state index is 13.2. The Morgan fingerprint density at radius 2 is 1.97 bits per heavy atom. The predicted octanol–water partition coefficient (Wildman–Crippen LogP) is 1.33. The summed E-state index contributed by atoms with van der Waals surface area (Å²) in [5.41, 5.74) is 2.97. The fourth-order valence-corrected chi connectivity index (χ4v) is 5.72. The molecule has 0 radical (unpaired) electrons. The number of likely N-dealkylation sites (N-methyl/N-ethyl adjacent to an activating group) is 1. The summed E-state index contributed by atoms with van der Waals surface area (Å²) in [6, 6.07) is 12.5. The number of nitrogens with one attached hydrogen (secondary N) is 1. The fourth-order valence-electron chi connectivity index (χ4n) is 5.72. The molecule has 7 rings (SSSR count). The van der Waals surface area contributed by atoms with Crippen LogP contribution in [0.3, 0.4) is 0 Å².